The number of aliphatic carboxylic acids is 1. The van der Waals surface area contributed by atoms with Crippen LogP contribution in [0, 0.1) is 0 Å². The topological polar surface area (TPSA) is 122 Å². The Bertz CT molecular complexity index is 443. The summed E-state index contributed by atoms with van der Waals surface area (Å²) in [6.07, 6.45) is 14.0. The first-order valence-electron chi connectivity index (χ1n) is 11.0. The number of carboxylic acids is 1. The van der Waals surface area contributed by atoms with Crippen LogP contribution in [-0.2, 0) is 24.2 Å². The van der Waals surface area contributed by atoms with Gasteiger partial charge in [0.25, 0.3) is 0 Å². The number of nitrogens with one attached hydrogen (secondary N) is 1. The summed E-state index contributed by atoms with van der Waals surface area (Å²) in [5.41, 5.74) is 0. The summed E-state index contributed by atoms with van der Waals surface area (Å²) in [5, 5.41) is 20.0. The number of aliphatic hydroxyl groups excluding tert-OH is 1. The Kier molecular flexibility index (Phi) is 18.5. The van der Waals surface area contributed by atoms with Crippen molar-refractivity contribution in [3.8, 4) is 0 Å². The van der Waals surface area contributed by atoms with Crippen molar-refractivity contribution >= 4 is 17.8 Å². The van der Waals surface area contributed by atoms with Crippen LogP contribution in [-0.4, -0.2) is 47.3 Å². The van der Waals surface area contributed by atoms with Gasteiger partial charge in [0.05, 0.1) is 13.0 Å². The fraction of sp³-hybridized carbons (Fsp3) is 0.857. The molecule has 0 spiro atoms. The van der Waals surface area contributed by atoms with Gasteiger partial charge in [0.1, 0.15) is 12.6 Å². The molecule has 0 bridgehead atoms. The highest BCUT2D eigenvalue weighted by Crippen LogP contribution is 2.12. The third-order valence-electron chi connectivity index (χ3n) is 4.59. The molecular formula is C21H39NO7. The monoisotopic (exact) mass is 417 g/mol. The summed E-state index contributed by atoms with van der Waals surface area (Å²) >= 11 is 0. The molecule has 8 nitrogen and oxygen atoms in total. The van der Waals surface area contributed by atoms with Crippen molar-refractivity contribution in [3.63, 3.8) is 0 Å². The molecule has 3 N–H and O–H groups in total. The van der Waals surface area contributed by atoms with E-state index in [4.69, 9.17) is 10.2 Å². The van der Waals surface area contributed by atoms with Crippen LogP contribution >= 0.6 is 0 Å². The molecule has 29 heavy (non-hydrogen) atoms. The molecule has 1 amide bonds. The first-order chi connectivity index (χ1) is 14.0. The minimum absolute atomic E-state index is 0.200. The van der Waals surface area contributed by atoms with E-state index in [-0.39, 0.29) is 19.6 Å². The molecule has 0 fully saturated rings. The predicted molar refractivity (Wildman–Crippen MR) is 109 cm³/mol. The first kappa shape index (κ1) is 27.3. The Morgan fingerprint density at radius 2 is 1.38 bits per heavy atom. The van der Waals surface area contributed by atoms with Crippen LogP contribution in [0.15, 0.2) is 0 Å². The molecule has 0 radical (unpaired) electrons. The van der Waals surface area contributed by atoms with Crippen LogP contribution in [0.4, 0.5) is 0 Å². The van der Waals surface area contributed by atoms with E-state index in [1.165, 1.54) is 51.4 Å². The maximum atomic E-state index is 11.9. The lowest BCUT2D eigenvalue weighted by molar-refractivity contribution is -0.275. The van der Waals surface area contributed by atoms with Crippen LogP contribution in [0.25, 0.3) is 0 Å². The second kappa shape index (κ2) is 19.6. The molecule has 0 rings (SSSR count). The molecule has 0 aromatic rings. The van der Waals surface area contributed by atoms with Crippen LogP contribution < -0.4 is 5.32 Å². The van der Waals surface area contributed by atoms with E-state index < -0.39 is 30.3 Å². The number of amides is 1. The largest absolute Gasteiger partial charge is 0.480 e. The second-order valence-electron chi connectivity index (χ2n) is 7.30. The van der Waals surface area contributed by atoms with E-state index in [2.05, 4.69) is 22.0 Å². The van der Waals surface area contributed by atoms with Gasteiger partial charge in [-0.15, -0.1) is 0 Å². The molecule has 170 valence electrons. The number of hydrogen-bond acceptors (Lipinski definition) is 6. The molecule has 0 saturated carbocycles. The zero-order valence-electron chi connectivity index (χ0n) is 17.8. The molecule has 0 aliphatic carbocycles. The molecule has 0 heterocycles. The third-order valence-corrected chi connectivity index (χ3v) is 4.59. The zero-order valence-corrected chi connectivity index (χ0v) is 17.8. The third kappa shape index (κ3) is 18.1. The Hall–Kier alpha value is -1.67. The highest BCUT2D eigenvalue weighted by Gasteiger charge is 2.24. The molecule has 1 atom stereocenters. The van der Waals surface area contributed by atoms with E-state index >= 15 is 0 Å². The molecule has 0 aromatic heterocycles. The summed E-state index contributed by atoms with van der Waals surface area (Å²) in [6, 6.07) is -1.36. The number of hydrogen-bond donors (Lipinski definition) is 3. The standard InChI is InChI=1S/C21H39NO7/c1-2-3-4-5-6-7-8-9-10-11-12-13-14-19(24)22-18(21(26)27)17-20(25)29-28-16-15-23/h18,23H,2-17H2,1H3,(H,22,24)(H,26,27)/t18-/m0/s1. The number of carbonyl (C=O) groups is 3. The average molecular weight is 418 g/mol. The number of aliphatic hydroxyl groups is 1. The quantitative estimate of drug-likeness (QED) is 0.157. The van der Waals surface area contributed by atoms with Gasteiger partial charge in [0.2, 0.25) is 5.91 Å². The van der Waals surface area contributed by atoms with Crippen LogP contribution in [0.3, 0.4) is 0 Å². The summed E-state index contributed by atoms with van der Waals surface area (Å²) in [7, 11) is 0. The minimum Gasteiger partial charge on any atom is -0.480 e. The summed E-state index contributed by atoms with van der Waals surface area (Å²) in [6.45, 7) is 1.70. The number of carbonyl (C=O) groups excluding carboxylic acids is 2. The van der Waals surface area contributed by atoms with Gasteiger partial charge < -0.3 is 15.5 Å². The SMILES string of the molecule is CCCCCCCCCCCCCCC(=O)N[C@@H](CC(=O)OOCCO)C(=O)O. The Morgan fingerprint density at radius 1 is 0.862 bits per heavy atom. The maximum Gasteiger partial charge on any atom is 0.345 e. The average Bonchev–Trinajstić information content (AvgIpc) is 2.68. The summed E-state index contributed by atoms with van der Waals surface area (Å²) < 4.78 is 0. The van der Waals surface area contributed by atoms with Crippen molar-refractivity contribution in [2.24, 2.45) is 0 Å². The van der Waals surface area contributed by atoms with Crippen molar-refractivity contribution in [3.05, 3.63) is 0 Å². The maximum absolute atomic E-state index is 11.9. The van der Waals surface area contributed by atoms with Crippen molar-refractivity contribution in [2.45, 2.75) is 103 Å². The summed E-state index contributed by atoms with van der Waals surface area (Å²) in [4.78, 5) is 43.2. The first-order valence-corrected chi connectivity index (χ1v) is 11.0. The van der Waals surface area contributed by atoms with Gasteiger partial charge in [-0.3, -0.25) is 9.68 Å². The van der Waals surface area contributed by atoms with Crippen molar-refractivity contribution in [2.75, 3.05) is 13.2 Å². The van der Waals surface area contributed by atoms with Gasteiger partial charge in [-0.05, 0) is 6.42 Å². The molecule has 0 aromatic carbocycles. The summed E-state index contributed by atoms with van der Waals surface area (Å²) in [5.74, 6) is -2.63. The van der Waals surface area contributed by atoms with E-state index in [9.17, 15) is 14.4 Å². The predicted octanol–water partition coefficient (Wildman–Crippen LogP) is 3.50. The van der Waals surface area contributed by atoms with Crippen molar-refractivity contribution < 1.29 is 34.4 Å². The van der Waals surface area contributed by atoms with E-state index in [0.717, 1.165) is 19.3 Å². The van der Waals surface area contributed by atoms with Crippen LogP contribution in [0.1, 0.15) is 96.8 Å². The fourth-order valence-corrected chi connectivity index (χ4v) is 2.94. The lowest BCUT2D eigenvalue weighted by Gasteiger charge is -2.13. The normalized spacial score (nSPS) is 11.8. The van der Waals surface area contributed by atoms with Gasteiger partial charge in [-0.25, -0.2) is 9.59 Å². The highest BCUT2D eigenvalue weighted by atomic mass is 17.2. The number of carboxylic acid groups (broad SMARTS) is 1. The number of unbranched alkanes of at least 4 members (excludes halogenated alkanes) is 11. The van der Waals surface area contributed by atoms with Gasteiger partial charge in [0.15, 0.2) is 0 Å². The molecule has 8 heteroatoms. The molecular weight excluding hydrogens is 378 g/mol. The molecule has 0 aliphatic heterocycles. The smallest absolute Gasteiger partial charge is 0.345 e. The molecule has 0 aliphatic rings. The van der Waals surface area contributed by atoms with E-state index in [1.807, 2.05) is 0 Å². The van der Waals surface area contributed by atoms with Gasteiger partial charge in [-0.2, -0.15) is 4.89 Å². The lowest BCUT2D eigenvalue weighted by Crippen LogP contribution is -2.42. The van der Waals surface area contributed by atoms with Crippen LogP contribution in [0.2, 0.25) is 0 Å². The zero-order chi connectivity index (χ0) is 21.7. The molecule has 0 saturated heterocycles. The van der Waals surface area contributed by atoms with Crippen molar-refractivity contribution in [1.29, 1.82) is 0 Å². The lowest BCUT2D eigenvalue weighted by atomic mass is 10.0. The van der Waals surface area contributed by atoms with E-state index in [0.29, 0.717) is 6.42 Å². The molecule has 0 unspecified atom stereocenters. The van der Waals surface area contributed by atoms with Gasteiger partial charge in [-0.1, -0.05) is 77.6 Å². The Morgan fingerprint density at radius 3 is 1.86 bits per heavy atom. The minimum atomic E-state index is -1.36. The highest BCUT2D eigenvalue weighted by molar-refractivity contribution is 5.87. The van der Waals surface area contributed by atoms with Gasteiger partial charge >= 0.3 is 11.9 Å². The second-order valence-corrected chi connectivity index (χ2v) is 7.30. The van der Waals surface area contributed by atoms with Gasteiger partial charge in [0, 0.05) is 6.42 Å². The van der Waals surface area contributed by atoms with Crippen molar-refractivity contribution in [1.82, 2.24) is 5.32 Å². The fourth-order valence-electron chi connectivity index (χ4n) is 2.94. The number of rotatable bonds is 20. The van der Waals surface area contributed by atoms with Crippen LogP contribution in [0.5, 0.6) is 0 Å². The Balaban J connectivity index is 3.71. The van der Waals surface area contributed by atoms with E-state index in [1.54, 1.807) is 0 Å². The Labute approximate surface area is 174 Å².